The third kappa shape index (κ3) is 5.55. The maximum atomic E-state index is 2.54. The summed E-state index contributed by atoms with van der Waals surface area (Å²) >= 11 is 0. The molecule has 0 aromatic heterocycles. The predicted octanol–water partition coefficient (Wildman–Crippen LogP) is 16.8. The Hall–Kier alpha value is -8.00. The Balaban J connectivity index is 1.04. The van der Waals surface area contributed by atoms with Crippen LogP contribution < -0.4 is 4.90 Å². The number of anilines is 3. The van der Waals surface area contributed by atoms with Crippen molar-refractivity contribution in [2.45, 2.75) is 37.0 Å². The quantitative estimate of drug-likeness (QED) is 0.154. The van der Waals surface area contributed by atoms with E-state index < -0.39 is 5.41 Å². The van der Waals surface area contributed by atoms with Crippen LogP contribution in [0.4, 0.5) is 17.1 Å². The second-order valence-corrected chi connectivity index (χ2v) is 19.3. The lowest BCUT2D eigenvalue weighted by atomic mass is 9.68. The van der Waals surface area contributed by atoms with Crippen LogP contribution in [0.15, 0.2) is 243 Å². The van der Waals surface area contributed by atoms with Gasteiger partial charge in [0.05, 0.1) is 11.1 Å². The molecule has 3 aliphatic carbocycles. The van der Waals surface area contributed by atoms with Crippen molar-refractivity contribution >= 4 is 17.1 Å². The lowest BCUT2D eigenvalue weighted by molar-refractivity contribution is 0.660. The summed E-state index contributed by atoms with van der Waals surface area (Å²) in [6.45, 7) is 7.15. The smallest absolute Gasteiger partial charge is 0.0714 e. The molecule has 0 saturated heterocycles. The first-order valence-corrected chi connectivity index (χ1v) is 23.7. The minimum absolute atomic E-state index is 0.161. The highest BCUT2D eigenvalue weighted by molar-refractivity contribution is 5.98. The van der Waals surface area contributed by atoms with Gasteiger partial charge in [0.1, 0.15) is 0 Å². The van der Waals surface area contributed by atoms with Crippen LogP contribution in [0.25, 0.3) is 44.5 Å². The summed E-state index contributed by atoms with van der Waals surface area (Å²) in [6, 6.07) is 90.9. The van der Waals surface area contributed by atoms with E-state index in [-0.39, 0.29) is 10.8 Å². The molecule has 318 valence electrons. The largest absolute Gasteiger partial charge is 0.310 e. The average Bonchev–Trinajstić information content (AvgIpc) is 3.93. The standard InChI is InChI=1S/C66H49N/c1-64(2)56-32-16-13-29-51(56)53-39-38-50(43-61(53)64)67(62-36-20-35-60-63(62)54-31-15-18-34-59(54)66(60,47-24-9-5-10-25-47)48-26-11-6-12-27-48)49-28-19-21-44(41-49)45-37-40-58-55(42-45)52-30-14-17-33-57(52)65(58,3)46-22-7-4-8-23-46/h4-43H,1-3H3. The number of rotatable bonds is 7. The summed E-state index contributed by atoms with van der Waals surface area (Å²) in [7, 11) is 0. The first-order chi connectivity index (χ1) is 32.9. The fourth-order valence-corrected chi connectivity index (χ4v) is 12.5. The topological polar surface area (TPSA) is 3.24 Å². The van der Waals surface area contributed by atoms with Crippen molar-refractivity contribution < 1.29 is 0 Å². The fourth-order valence-electron chi connectivity index (χ4n) is 12.5. The second kappa shape index (κ2) is 14.8. The van der Waals surface area contributed by atoms with Crippen molar-refractivity contribution in [2.24, 2.45) is 0 Å². The maximum absolute atomic E-state index is 2.54. The molecule has 13 rings (SSSR count). The lowest BCUT2D eigenvalue weighted by Gasteiger charge is -2.34. The molecule has 3 aliphatic rings. The van der Waals surface area contributed by atoms with Crippen LogP contribution >= 0.6 is 0 Å². The molecule has 0 aliphatic heterocycles. The van der Waals surface area contributed by atoms with E-state index in [0.717, 1.165) is 17.1 Å². The number of hydrogen-bond acceptors (Lipinski definition) is 1. The van der Waals surface area contributed by atoms with Gasteiger partial charge in [0.2, 0.25) is 0 Å². The summed E-state index contributed by atoms with van der Waals surface area (Å²) in [5.74, 6) is 0. The molecular weight excluding hydrogens is 807 g/mol. The van der Waals surface area contributed by atoms with Gasteiger partial charge in [-0.3, -0.25) is 0 Å². The molecule has 67 heavy (non-hydrogen) atoms. The Morgan fingerprint density at radius 3 is 1.51 bits per heavy atom. The van der Waals surface area contributed by atoms with Crippen molar-refractivity contribution in [3.8, 4) is 44.5 Å². The SMILES string of the molecule is CC1(C)c2ccccc2-c2ccc(N(c3cccc(-c4ccc5c(c4)-c4ccccc4C5(C)c4ccccc4)c3)c3cccc4c3-c3ccccc3C4(c3ccccc3)c3ccccc3)cc21. The van der Waals surface area contributed by atoms with E-state index >= 15 is 0 Å². The van der Waals surface area contributed by atoms with Gasteiger partial charge in [0, 0.05) is 27.8 Å². The number of hydrogen-bond donors (Lipinski definition) is 0. The van der Waals surface area contributed by atoms with E-state index in [9.17, 15) is 0 Å². The zero-order valence-electron chi connectivity index (χ0n) is 38.0. The third-order valence-corrected chi connectivity index (χ3v) is 15.6. The maximum Gasteiger partial charge on any atom is 0.0714 e. The van der Waals surface area contributed by atoms with E-state index in [1.165, 1.54) is 94.6 Å². The molecule has 0 fully saturated rings. The third-order valence-electron chi connectivity index (χ3n) is 15.6. The van der Waals surface area contributed by atoms with E-state index in [1.54, 1.807) is 0 Å². The highest BCUT2D eigenvalue weighted by atomic mass is 15.1. The lowest BCUT2D eigenvalue weighted by Crippen LogP contribution is -2.28. The zero-order valence-corrected chi connectivity index (χ0v) is 38.0. The van der Waals surface area contributed by atoms with Crippen molar-refractivity contribution in [3.63, 3.8) is 0 Å². The Morgan fingerprint density at radius 1 is 0.299 bits per heavy atom. The first kappa shape index (κ1) is 39.4. The highest BCUT2D eigenvalue weighted by Gasteiger charge is 2.48. The van der Waals surface area contributed by atoms with Crippen LogP contribution in [0.1, 0.15) is 70.8 Å². The minimum Gasteiger partial charge on any atom is -0.310 e. The molecule has 1 heteroatoms. The van der Waals surface area contributed by atoms with E-state index in [1.807, 2.05) is 0 Å². The normalized spacial score (nSPS) is 16.3. The summed E-state index contributed by atoms with van der Waals surface area (Å²) < 4.78 is 0. The van der Waals surface area contributed by atoms with Gasteiger partial charge >= 0.3 is 0 Å². The van der Waals surface area contributed by atoms with Crippen molar-refractivity contribution in [2.75, 3.05) is 4.90 Å². The molecule has 10 aromatic rings. The van der Waals surface area contributed by atoms with Gasteiger partial charge in [0.15, 0.2) is 0 Å². The van der Waals surface area contributed by atoms with Crippen molar-refractivity contribution in [1.29, 1.82) is 0 Å². The van der Waals surface area contributed by atoms with Gasteiger partial charge in [-0.1, -0.05) is 220 Å². The summed E-state index contributed by atoms with van der Waals surface area (Å²) in [4.78, 5) is 2.54. The zero-order chi connectivity index (χ0) is 44.9. The van der Waals surface area contributed by atoms with Gasteiger partial charge < -0.3 is 4.90 Å². The summed E-state index contributed by atoms with van der Waals surface area (Å²) in [5, 5.41) is 0. The van der Waals surface area contributed by atoms with Crippen molar-refractivity contribution in [1.82, 2.24) is 0 Å². The molecule has 1 unspecified atom stereocenters. The van der Waals surface area contributed by atoms with E-state index in [4.69, 9.17) is 0 Å². The monoisotopic (exact) mass is 855 g/mol. The predicted molar refractivity (Wildman–Crippen MR) is 279 cm³/mol. The van der Waals surface area contributed by atoms with Crippen LogP contribution in [-0.4, -0.2) is 0 Å². The van der Waals surface area contributed by atoms with Gasteiger partial charge in [-0.15, -0.1) is 0 Å². The molecule has 1 atom stereocenters. The molecule has 0 N–H and O–H groups in total. The molecule has 0 bridgehead atoms. The molecular formula is C66H49N. The molecule has 0 spiro atoms. The highest BCUT2D eigenvalue weighted by Crippen LogP contribution is 2.60. The second-order valence-electron chi connectivity index (χ2n) is 19.3. The van der Waals surface area contributed by atoms with E-state index in [2.05, 4.69) is 268 Å². The van der Waals surface area contributed by atoms with Gasteiger partial charge in [-0.2, -0.15) is 0 Å². The molecule has 0 radical (unpaired) electrons. The van der Waals surface area contributed by atoms with E-state index in [0.29, 0.717) is 0 Å². The number of nitrogens with zero attached hydrogens (tertiary/aromatic N) is 1. The first-order valence-electron chi connectivity index (χ1n) is 23.7. The molecule has 10 aromatic carbocycles. The fraction of sp³-hybridized carbons (Fsp3) is 0.0909. The Bertz CT molecular complexity index is 3530. The Kier molecular flexibility index (Phi) is 8.67. The van der Waals surface area contributed by atoms with Crippen LogP contribution in [0, 0.1) is 0 Å². The Morgan fingerprint density at radius 2 is 0.806 bits per heavy atom. The van der Waals surface area contributed by atoms with Crippen molar-refractivity contribution in [3.05, 3.63) is 293 Å². The summed E-state index contributed by atoms with van der Waals surface area (Å²) in [5.41, 5.74) is 24.5. The minimum atomic E-state index is -0.519. The van der Waals surface area contributed by atoms with Crippen LogP contribution in [-0.2, 0) is 16.2 Å². The number of fused-ring (bicyclic) bond motifs is 9. The molecule has 1 nitrogen and oxygen atoms in total. The van der Waals surface area contributed by atoms with Crippen LogP contribution in [0.3, 0.4) is 0 Å². The number of benzene rings is 10. The van der Waals surface area contributed by atoms with Crippen LogP contribution in [0.2, 0.25) is 0 Å². The van der Waals surface area contributed by atoms with Gasteiger partial charge in [-0.05, 0) is 132 Å². The molecule has 0 amide bonds. The van der Waals surface area contributed by atoms with Gasteiger partial charge in [0.25, 0.3) is 0 Å². The Labute approximate surface area is 394 Å². The van der Waals surface area contributed by atoms with Gasteiger partial charge in [-0.25, -0.2) is 0 Å². The molecule has 0 saturated carbocycles. The average molecular weight is 856 g/mol. The molecule has 0 heterocycles. The summed E-state index contributed by atoms with van der Waals surface area (Å²) in [6.07, 6.45) is 0. The van der Waals surface area contributed by atoms with Crippen LogP contribution in [0.5, 0.6) is 0 Å².